The Bertz CT molecular complexity index is 175. The van der Waals surface area contributed by atoms with Gasteiger partial charge in [-0.05, 0) is 24.9 Å². The number of aliphatic carboxylic acids is 1. The fourth-order valence-corrected chi connectivity index (χ4v) is 1.45. The number of likely N-dealkylation sites (N-methyl/N-ethyl adjacent to an activating group) is 1. The zero-order valence-corrected chi connectivity index (χ0v) is 8.71. The Morgan fingerprint density at radius 3 is 2.69 bits per heavy atom. The van der Waals surface area contributed by atoms with Crippen LogP contribution in [0.1, 0.15) is 12.8 Å². The first kappa shape index (κ1) is 12.3. The summed E-state index contributed by atoms with van der Waals surface area (Å²) in [6, 6.07) is -0.676. The number of nitrogens with zero attached hydrogens (tertiary/aromatic N) is 1. The van der Waals surface area contributed by atoms with E-state index in [4.69, 9.17) is 5.11 Å². The average molecular weight is 205 g/mol. The van der Waals surface area contributed by atoms with E-state index < -0.39 is 12.0 Å². The molecule has 0 aliphatic carbocycles. The van der Waals surface area contributed by atoms with Crippen LogP contribution in [0.15, 0.2) is 0 Å². The number of hydrogen-bond acceptors (Lipinski definition) is 3. The van der Waals surface area contributed by atoms with Crippen molar-refractivity contribution in [2.24, 2.45) is 0 Å². The van der Waals surface area contributed by atoms with E-state index in [1.54, 1.807) is 11.8 Å². The van der Waals surface area contributed by atoms with Gasteiger partial charge in [-0.25, -0.2) is 4.79 Å². The Labute approximate surface area is 82.3 Å². The van der Waals surface area contributed by atoms with E-state index in [0.717, 1.165) is 12.2 Å². The zero-order chi connectivity index (χ0) is 10.3. The Morgan fingerprint density at radius 2 is 2.31 bits per heavy atom. The minimum Gasteiger partial charge on any atom is -0.480 e. The van der Waals surface area contributed by atoms with Crippen LogP contribution < -0.4 is 0 Å². The van der Waals surface area contributed by atoms with Gasteiger partial charge in [0, 0.05) is 7.05 Å². The van der Waals surface area contributed by atoms with Gasteiger partial charge in [-0.3, -0.25) is 4.79 Å². The number of amides is 1. The third-order valence-electron chi connectivity index (χ3n) is 1.77. The molecule has 0 aromatic rings. The van der Waals surface area contributed by atoms with Crippen molar-refractivity contribution in [1.82, 2.24) is 4.90 Å². The number of carbonyl (C=O) groups excluding carboxylic acids is 1. The molecule has 0 saturated heterocycles. The Morgan fingerprint density at radius 1 is 1.69 bits per heavy atom. The van der Waals surface area contributed by atoms with E-state index in [1.165, 1.54) is 11.9 Å². The van der Waals surface area contributed by atoms with Gasteiger partial charge in [-0.1, -0.05) is 0 Å². The summed E-state index contributed by atoms with van der Waals surface area (Å²) in [4.78, 5) is 22.2. The summed E-state index contributed by atoms with van der Waals surface area (Å²) < 4.78 is 0. The van der Waals surface area contributed by atoms with E-state index in [0.29, 0.717) is 12.8 Å². The van der Waals surface area contributed by atoms with Crippen molar-refractivity contribution in [3.63, 3.8) is 0 Å². The predicted octanol–water partition coefficient (Wildman–Crippen LogP) is 0.671. The van der Waals surface area contributed by atoms with Crippen molar-refractivity contribution in [1.29, 1.82) is 0 Å². The summed E-state index contributed by atoms with van der Waals surface area (Å²) in [6.45, 7) is 0. The summed E-state index contributed by atoms with van der Waals surface area (Å²) in [7, 11) is 1.49. The molecule has 13 heavy (non-hydrogen) atoms. The number of thioether (sulfide) groups is 1. The van der Waals surface area contributed by atoms with E-state index in [9.17, 15) is 9.59 Å². The molecule has 0 bridgehead atoms. The van der Waals surface area contributed by atoms with Crippen LogP contribution in [0.5, 0.6) is 0 Å². The maximum atomic E-state index is 10.7. The van der Waals surface area contributed by atoms with E-state index in [-0.39, 0.29) is 0 Å². The molecular formula is C8H15NO3S. The first-order valence-corrected chi connectivity index (χ1v) is 5.41. The van der Waals surface area contributed by atoms with Gasteiger partial charge >= 0.3 is 5.97 Å². The highest BCUT2D eigenvalue weighted by Gasteiger charge is 2.20. The van der Waals surface area contributed by atoms with Crippen molar-refractivity contribution >= 4 is 24.1 Å². The smallest absolute Gasteiger partial charge is 0.326 e. The SMILES string of the molecule is CSCCCC(C(=O)O)N(C)C=O. The summed E-state index contributed by atoms with van der Waals surface area (Å²) in [5.41, 5.74) is 0. The van der Waals surface area contributed by atoms with Gasteiger partial charge in [-0.2, -0.15) is 11.8 Å². The average Bonchev–Trinajstić information content (AvgIpc) is 2.11. The summed E-state index contributed by atoms with van der Waals surface area (Å²) in [5.74, 6) is -0.00747. The molecule has 1 amide bonds. The molecular weight excluding hydrogens is 190 g/mol. The van der Waals surface area contributed by atoms with E-state index in [2.05, 4.69) is 0 Å². The third-order valence-corrected chi connectivity index (χ3v) is 2.47. The third kappa shape index (κ3) is 4.77. The second-order valence-corrected chi connectivity index (χ2v) is 3.75. The summed E-state index contributed by atoms with van der Waals surface area (Å²) in [5, 5.41) is 8.77. The van der Waals surface area contributed by atoms with Crippen LogP contribution in [0.3, 0.4) is 0 Å². The molecule has 0 fully saturated rings. The van der Waals surface area contributed by atoms with E-state index >= 15 is 0 Å². The lowest BCUT2D eigenvalue weighted by Gasteiger charge is -2.19. The van der Waals surface area contributed by atoms with Crippen molar-refractivity contribution < 1.29 is 14.7 Å². The normalized spacial score (nSPS) is 12.2. The maximum absolute atomic E-state index is 10.7. The Hall–Kier alpha value is -0.710. The maximum Gasteiger partial charge on any atom is 0.326 e. The van der Waals surface area contributed by atoms with Crippen LogP contribution in [0.25, 0.3) is 0 Å². The van der Waals surface area contributed by atoms with E-state index in [1.807, 2.05) is 6.26 Å². The molecule has 0 saturated carbocycles. The molecule has 76 valence electrons. The second-order valence-electron chi connectivity index (χ2n) is 2.76. The molecule has 0 rings (SSSR count). The van der Waals surface area contributed by atoms with Gasteiger partial charge < -0.3 is 10.0 Å². The van der Waals surface area contributed by atoms with Gasteiger partial charge in [0.25, 0.3) is 0 Å². The number of carboxylic acids is 1. The standard InChI is InChI=1S/C8H15NO3S/c1-9(6-10)7(8(11)12)4-3-5-13-2/h6-7H,3-5H2,1-2H3,(H,11,12). The molecule has 5 heteroatoms. The molecule has 4 nitrogen and oxygen atoms in total. The summed E-state index contributed by atoms with van der Waals surface area (Å²) >= 11 is 1.67. The van der Waals surface area contributed by atoms with Gasteiger partial charge in [-0.15, -0.1) is 0 Å². The molecule has 0 aromatic heterocycles. The molecule has 1 atom stereocenters. The van der Waals surface area contributed by atoms with Crippen molar-refractivity contribution in [3.05, 3.63) is 0 Å². The molecule has 1 unspecified atom stereocenters. The van der Waals surface area contributed by atoms with Crippen molar-refractivity contribution in [2.45, 2.75) is 18.9 Å². The molecule has 0 radical (unpaired) electrons. The first-order valence-electron chi connectivity index (χ1n) is 4.02. The fourth-order valence-electron chi connectivity index (χ4n) is 0.996. The van der Waals surface area contributed by atoms with Crippen LogP contribution in [0.2, 0.25) is 0 Å². The molecule has 1 N–H and O–H groups in total. The van der Waals surface area contributed by atoms with Crippen molar-refractivity contribution in [2.75, 3.05) is 19.1 Å². The highest BCUT2D eigenvalue weighted by atomic mass is 32.2. The molecule has 0 aliphatic rings. The largest absolute Gasteiger partial charge is 0.480 e. The second kappa shape index (κ2) is 6.77. The zero-order valence-electron chi connectivity index (χ0n) is 7.90. The topological polar surface area (TPSA) is 57.6 Å². The molecule has 0 aliphatic heterocycles. The summed E-state index contributed by atoms with van der Waals surface area (Å²) in [6.07, 6.45) is 3.86. The monoisotopic (exact) mass is 205 g/mol. The molecule has 0 spiro atoms. The number of rotatable bonds is 7. The first-order chi connectivity index (χ1) is 6.13. The van der Waals surface area contributed by atoms with Crippen LogP contribution in [0.4, 0.5) is 0 Å². The van der Waals surface area contributed by atoms with Crippen LogP contribution in [-0.2, 0) is 9.59 Å². The van der Waals surface area contributed by atoms with Gasteiger partial charge in [0.1, 0.15) is 6.04 Å². The van der Waals surface area contributed by atoms with Crippen LogP contribution >= 0.6 is 11.8 Å². The highest BCUT2D eigenvalue weighted by molar-refractivity contribution is 7.98. The quantitative estimate of drug-likeness (QED) is 0.490. The van der Waals surface area contributed by atoms with Gasteiger partial charge in [0.15, 0.2) is 0 Å². The number of carbonyl (C=O) groups is 2. The minimum atomic E-state index is -0.935. The lowest BCUT2D eigenvalue weighted by molar-refractivity contribution is -0.145. The van der Waals surface area contributed by atoms with Crippen LogP contribution in [0, 0.1) is 0 Å². The molecule has 0 aromatic carbocycles. The number of carboxylic acid groups (broad SMARTS) is 1. The fraction of sp³-hybridized carbons (Fsp3) is 0.750. The van der Waals surface area contributed by atoms with Gasteiger partial charge in [0.2, 0.25) is 6.41 Å². The van der Waals surface area contributed by atoms with Crippen molar-refractivity contribution in [3.8, 4) is 0 Å². The van der Waals surface area contributed by atoms with Crippen LogP contribution in [-0.4, -0.2) is 47.5 Å². The van der Waals surface area contributed by atoms with Gasteiger partial charge in [0.05, 0.1) is 0 Å². The lowest BCUT2D eigenvalue weighted by Crippen LogP contribution is -2.37. The number of hydrogen-bond donors (Lipinski definition) is 1. The Kier molecular flexibility index (Phi) is 6.40. The minimum absolute atomic E-state index is 0.519. The molecule has 0 heterocycles. The Balaban J connectivity index is 3.95. The predicted molar refractivity (Wildman–Crippen MR) is 52.9 cm³/mol. The highest BCUT2D eigenvalue weighted by Crippen LogP contribution is 2.07. The lowest BCUT2D eigenvalue weighted by atomic mass is 10.1.